The second kappa shape index (κ2) is 11.2. The molecule has 3 aromatic rings. The van der Waals surface area contributed by atoms with Gasteiger partial charge < -0.3 is 14.8 Å². The predicted molar refractivity (Wildman–Crippen MR) is 124 cm³/mol. The summed E-state index contributed by atoms with van der Waals surface area (Å²) in [5.74, 6) is 0.312. The fraction of sp³-hybridized carbons (Fsp3) is 0.308. The van der Waals surface area contributed by atoms with Crippen molar-refractivity contribution in [1.82, 2.24) is 4.98 Å². The Labute approximate surface area is 196 Å². The van der Waals surface area contributed by atoms with Crippen LogP contribution < -0.4 is 10.1 Å². The van der Waals surface area contributed by atoms with Gasteiger partial charge in [-0.25, -0.2) is 0 Å². The molecule has 0 aliphatic heterocycles. The van der Waals surface area contributed by atoms with Crippen molar-refractivity contribution in [3.63, 3.8) is 0 Å². The van der Waals surface area contributed by atoms with Crippen molar-refractivity contribution in [2.45, 2.75) is 45.9 Å². The van der Waals surface area contributed by atoms with E-state index in [9.17, 15) is 18.0 Å². The normalized spacial score (nSPS) is 12.3. The molecule has 1 amide bonds. The van der Waals surface area contributed by atoms with Gasteiger partial charge in [-0.1, -0.05) is 13.0 Å². The van der Waals surface area contributed by atoms with E-state index in [0.29, 0.717) is 35.7 Å². The van der Waals surface area contributed by atoms with Gasteiger partial charge in [0.15, 0.2) is 0 Å². The maximum atomic E-state index is 12.8. The van der Waals surface area contributed by atoms with Gasteiger partial charge in [-0.05, 0) is 68.8 Å². The molecule has 1 aromatic heterocycles. The minimum Gasteiger partial charge on any atom is -0.457 e. The summed E-state index contributed by atoms with van der Waals surface area (Å²) < 4.78 is 49.5. The predicted octanol–water partition coefficient (Wildman–Crippen LogP) is 6.81. The lowest BCUT2D eigenvalue weighted by atomic mass is 10.1. The molecule has 0 aliphatic carbocycles. The molecule has 5 nitrogen and oxygen atoms in total. The van der Waals surface area contributed by atoms with E-state index in [1.165, 1.54) is 12.1 Å². The van der Waals surface area contributed by atoms with Gasteiger partial charge in [0, 0.05) is 30.5 Å². The molecular weight excluding hydrogens is 445 g/mol. The first-order valence-electron chi connectivity index (χ1n) is 11.0. The molecule has 0 saturated carbocycles. The molecule has 1 N–H and O–H groups in total. The maximum Gasteiger partial charge on any atom is 0.416 e. The van der Waals surface area contributed by atoms with Crippen LogP contribution in [0.1, 0.15) is 47.6 Å². The first kappa shape index (κ1) is 25.2. The zero-order valence-electron chi connectivity index (χ0n) is 19.3. The smallest absolute Gasteiger partial charge is 0.416 e. The van der Waals surface area contributed by atoms with Gasteiger partial charge >= 0.3 is 6.18 Å². The molecule has 3 rings (SSSR count). The van der Waals surface area contributed by atoms with E-state index in [4.69, 9.17) is 9.47 Å². The van der Waals surface area contributed by atoms with E-state index in [-0.39, 0.29) is 17.8 Å². The number of nitrogens with zero attached hydrogens (tertiary/aromatic N) is 1. The van der Waals surface area contributed by atoms with Crippen LogP contribution in [0.5, 0.6) is 11.5 Å². The summed E-state index contributed by atoms with van der Waals surface area (Å²) in [6, 6.07) is 14.6. The van der Waals surface area contributed by atoms with Crippen LogP contribution in [0.3, 0.4) is 0 Å². The van der Waals surface area contributed by atoms with Crippen LogP contribution in [0.15, 0.2) is 60.7 Å². The number of anilines is 1. The van der Waals surface area contributed by atoms with Crippen LogP contribution in [0.2, 0.25) is 0 Å². The van der Waals surface area contributed by atoms with Gasteiger partial charge in [-0.2, -0.15) is 13.2 Å². The van der Waals surface area contributed by atoms with E-state index in [1.54, 1.807) is 37.3 Å². The molecule has 0 radical (unpaired) electrons. The van der Waals surface area contributed by atoms with Crippen molar-refractivity contribution < 1.29 is 27.4 Å². The Morgan fingerprint density at radius 3 is 2.44 bits per heavy atom. The number of carbonyl (C=O) groups is 1. The Bertz CT molecular complexity index is 1120. The number of alkyl halides is 3. The summed E-state index contributed by atoms with van der Waals surface area (Å²) in [4.78, 5) is 17.3. The lowest BCUT2D eigenvalue weighted by Gasteiger charge is -2.14. The molecule has 0 aliphatic rings. The van der Waals surface area contributed by atoms with Crippen LogP contribution in [0.25, 0.3) is 0 Å². The zero-order valence-corrected chi connectivity index (χ0v) is 19.3. The first-order valence-corrected chi connectivity index (χ1v) is 11.0. The Morgan fingerprint density at radius 1 is 1.06 bits per heavy atom. The third kappa shape index (κ3) is 7.05. The average Bonchev–Trinajstić information content (AvgIpc) is 2.77. The van der Waals surface area contributed by atoms with Crippen molar-refractivity contribution >= 4 is 11.6 Å². The Balaban J connectivity index is 1.64. The number of halogens is 3. The highest BCUT2D eigenvalue weighted by molar-refractivity contribution is 6.05. The quantitative estimate of drug-likeness (QED) is 0.372. The standard InChI is InChI=1S/C26H27F3N2O3/c1-4-14-33-17(2)15-21-10-13-24(18(3)30-21)25(32)31-20-6-5-7-23(16-20)34-22-11-8-19(9-12-22)26(27,28)29/h5-13,16-17H,4,14-15H2,1-3H3,(H,31,32). The number of benzene rings is 2. The second-order valence-corrected chi connectivity index (χ2v) is 7.93. The molecule has 0 fully saturated rings. The molecule has 0 saturated heterocycles. The molecule has 0 bridgehead atoms. The van der Waals surface area contributed by atoms with Gasteiger partial charge in [0.2, 0.25) is 0 Å². The van der Waals surface area contributed by atoms with Gasteiger partial charge in [0.05, 0.1) is 22.9 Å². The minimum absolute atomic E-state index is 0.0407. The van der Waals surface area contributed by atoms with Crippen LogP contribution in [-0.4, -0.2) is 23.6 Å². The van der Waals surface area contributed by atoms with Crippen molar-refractivity contribution in [3.8, 4) is 11.5 Å². The third-order valence-electron chi connectivity index (χ3n) is 5.00. The monoisotopic (exact) mass is 472 g/mol. The van der Waals surface area contributed by atoms with Crippen molar-refractivity contribution in [1.29, 1.82) is 0 Å². The maximum absolute atomic E-state index is 12.8. The van der Waals surface area contributed by atoms with Crippen molar-refractivity contribution in [2.75, 3.05) is 11.9 Å². The highest BCUT2D eigenvalue weighted by atomic mass is 19.4. The largest absolute Gasteiger partial charge is 0.457 e. The van der Waals surface area contributed by atoms with Crippen LogP contribution in [-0.2, 0) is 17.3 Å². The van der Waals surface area contributed by atoms with E-state index < -0.39 is 11.7 Å². The fourth-order valence-corrected chi connectivity index (χ4v) is 3.32. The number of aromatic nitrogens is 1. The second-order valence-electron chi connectivity index (χ2n) is 7.93. The molecule has 8 heteroatoms. The van der Waals surface area contributed by atoms with Crippen LogP contribution in [0.4, 0.5) is 18.9 Å². The SMILES string of the molecule is CCCOC(C)Cc1ccc(C(=O)Nc2cccc(Oc3ccc(C(F)(F)F)cc3)c2)c(C)n1. The number of nitrogens with one attached hydrogen (secondary N) is 1. The molecule has 1 atom stereocenters. The van der Waals surface area contributed by atoms with Gasteiger partial charge in [-0.15, -0.1) is 0 Å². The third-order valence-corrected chi connectivity index (χ3v) is 5.00. The van der Waals surface area contributed by atoms with Crippen molar-refractivity contribution in [2.24, 2.45) is 0 Å². The Kier molecular flexibility index (Phi) is 8.28. The van der Waals surface area contributed by atoms with Crippen LogP contribution in [0, 0.1) is 6.92 Å². The molecule has 180 valence electrons. The lowest BCUT2D eigenvalue weighted by molar-refractivity contribution is -0.137. The van der Waals surface area contributed by atoms with E-state index in [0.717, 1.165) is 24.2 Å². The number of ether oxygens (including phenoxy) is 2. The van der Waals surface area contributed by atoms with E-state index >= 15 is 0 Å². The highest BCUT2D eigenvalue weighted by Crippen LogP contribution is 2.31. The molecule has 2 aromatic carbocycles. The fourth-order valence-electron chi connectivity index (χ4n) is 3.32. The highest BCUT2D eigenvalue weighted by Gasteiger charge is 2.30. The topological polar surface area (TPSA) is 60.5 Å². The number of amides is 1. The summed E-state index contributed by atoms with van der Waals surface area (Å²) in [6.45, 7) is 6.52. The molecular formula is C26H27F3N2O3. The number of carbonyl (C=O) groups excluding carboxylic acids is 1. The number of aryl methyl sites for hydroxylation is 1. The summed E-state index contributed by atoms with van der Waals surface area (Å²) >= 11 is 0. The Morgan fingerprint density at radius 2 is 1.79 bits per heavy atom. The lowest BCUT2D eigenvalue weighted by Crippen LogP contribution is -2.16. The van der Waals surface area contributed by atoms with Crippen molar-refractivity contribution in [3.05, 3.63) is 83.2 Å². The molecule has 1 unspecified atom stereocenters. The van der Waals surface area contributed by atoms with Gasteiger partial charge in [-0.3, -0.25) is 9.78 Å². The van der Waals surface area contributed by atoms with E-state index in [1.807, 2.05) is 13.0 Å². The van der Waals surface area contributed by atoms with Gasteiger partial charge in [0.25, 0.3) is 5.91 Å². The molecule has 34 heavy (non-hydrogen) atoms. The summed E-state index contributed by atoms with van der Waals surface area (Å²) in [5, 5.41) is 2.81. The minimum atomic E-state index is -4.41. The average molecular weight is 473 g/mol. The zero-order chi connectivity index (χ0) is 24.7. The van der Waals surface area contributed by atoms with Crippen LogP contribution >= 0.6 is 0 Å². The summed E-state index contributed by atoms with van der Waals surface area (Å²) in [7, 11) is 0. The summed E-state index contributed by atoms with van der Waals surface area (Å²) in [6.07, 6.45) is -2.76. The number of hydrogen-bond acceptors (Lipinski definition) is 4. The van der Waals surface area contributed by atoms with E-state index in [2.05, 4.69) is 17.2 Å². The first-order chi connectivity index (χ1) is 16.2. The Hall–Kier alpha value is -3.39. The molecule has 0 spiro atoms. The summed E-state index contributed by atoms with van der Waals surface area (Å²) in [5.41, 5.74) is 1.64. The molecule has 1 heterocycles. The number of hydrogen-bond donors (Lipinski definition) is 1. The number of rotatable bonds is 9. The van der Waals surface area contributed by atoms with Gasteiger partial charge in [0.1, 0.15) is 11.5 Å². The number of pyridine rings is 1.